The summed E-state index contributed by atoms with van der Waals surface area (Å²) in [5.74, 6) is 1.24. The van der Waals surface area contributed by atoms with Gasteiger partial charge in [0.05, 0.1) is 30.8 Å². The molecule has 0 bridgehead atoms. The van der Waals surface area contributed by atoms with Gasteiger partial charge in [0, 0.05) is 32.4 Å². The van der Waals surface area contributed by atoms with Crippen LogP contribution in [-0.2, 0) is 9.53 Å². The van der Waals surface area contributed by atoms with Crippen molar-refractivity contribution in [1.82, 2.24) is 9.88 Å². The van der Waals surface area contributed by atoms with Crippen LogP contribution in [0.3, 0.4) is 0 Å². The normalized spacial score (nSPS) is 22.5. The molecule has 1 amide bonds. The van der Waals surface area contributed by atoms with Gasteiger partial charge in [-0.1, -0.05) is 0 Å². The molecule has 4 heterocycles. The minimum absolute atomic E-state index is 0.0470. The Labute approximate surface area is 135 Å². The Morgan fingerprint density at radius 3 is 2.96 bits per heavy atom. The zero-order valence-electron chi connectivity index (χ0n) is 13.1. The molecule has 0 spiro atoms. The van der Waals surface area contributed by atoms with Gasteiger partial charge < -0.3 is 19.0 Å². The van der Waals surface area contributed by atoms with Crippen LogP contribution in [0.1, 0.15) is 12.8 Å². The van der Waals surface area contributed by atoms with Crippen LogP contribution in [0.25, 0.3) is 11.0 Å². The van der Waals surface area contributed by atoms with Crippen molar-refractivity contribution in [3.8, 4) is 0 Å². The van der Waals surface area contributed by atoms with E-state index in [1.807, 2.05) is 17.0 Å². The maximum Gasteiger partial charge on any atom is 0.227 e. The fourth-order valence-electron chi connectivity index (χ4n) is 3.54. The Hall–Kier alpha value is -2.08. The summed E-state index contributed by atoms with van der Waals surface area (Å²) in [6.45, 7) is 4.39. The van der Waals surface area contributed by atoms with E-state index in [1.165, 1.54) is 0 Å². The van der Waals surface area contributed by atoms with Crippen molar-refractivity contribution in [3.63, 3.8) is 0 Å². The fourth-order valence-corrected chi connectivity index (χ4v) is 3.54. The molecule has 23 heavy (non-hydrogen) atoms. The third-order valence-corrected chi connectivity index (χ3v) is 4.75. The lowest BCUT2D eigenvalue weighted by atomic mass is 9.96. The van der Waals surface area contributed by atoms with E-state index in [0.29, 0.717) is 26.3 Å². The van der Waals surface area contributed by atoms with Gasteiger partial charge in [0.1, 0.15) is 11.4 Å². The average molecular weight is 315 g/mol. The first-order valence-corrected chi connectivity index (χ1v) is 8.26. The zero-order valence-corrected chi connectivity index (χ0v) is 13.1. The molecule has 4 rings (SSSR count). The number of furan rings is 1. The number of hydrogen-bond acceptors (Lipinski definition) is 5. The van der Waals surface area contributed by atoms with Gasteiger partial charge in [-0.3, -0.25) is 4.79 Å². The molecular formula is C17H21N3O3. The summed E-state index contributed by atoms with van der Waals surface area (Å²) in [5.41, 5.74) is 0.844. The van der Waals surface area contributed by atoms with Crippen molar-refractivity contribution in [2.75, 3.05) is 44.3 Å². The molecule has 122 valence electrons. The van der Waals surface area contributed by atoms with E-state index < -0.39 is 0 Å². The first-order chi connectivity index (χ1) is 11.3. The number of carbonyl (C=O) groups excluding carboxylic acids is 1. The van der Waals surface area contributed by atoms with Crippen molar-refractivity contribution in [2.24, 2.45) is 5.92 Å². The van der Waals surface area contributed by atoms with Gasteiger partial charge in [0.2, 0.25) is 5.91 Å². The second-order valence-corrected chi connectivity index (χ2v) is 6.19. The highest BCUT2D eigenvalue weighted by Crippen LogP contribution is 2.29. The van der Waals surface area contributed by atoms with Crippen molar-refractivity contribution in [2.45, 2.75) is 12.8 Å². The maximum absolute atomic E-state index is 12.7. The number of aromatic nitrogens is 1. The molecule has 2 aromatic rings. The van der Waals surface area contributed by atoms with E-state index in [9.17, 15) is 4.79 Å². The number of amides is 1. The number of nitrogens with zero attached hydrogens (tertiary/aromatic N) is 3. The second kappa shape index (κ2) is 6.20. The highest BCUT2D eigenvalue weighted by molar-refractivity contribution is 5.89. The van der Waals surface area contributed by atoms with E-state index in [2.05, 4.69) is 9.88 Å². The number of rotatable bonds is 2. The number of morpholine rings is 1. The molecule has 0 aliphatic carbocycles. The van der Waals surface area contributed by atoms with Crippen LogP contribution in [0.5, 0.6) is 0 Å². The molecule has 6 nitrogen and oxygen atoms in total. The van der Waals surface area contributed by atoms with Gasteiger partial charge in [0.25, 0.3) is 0 Å². The standard InChI is InChI=1S/C17H21N3O3/c21-17(19-7-10-22-11-8-19)13-2-1-6-20(12-13)16-14-4-9-23-15(14)3-5-18-16/h3-5,9,13H,1-2,6-8,10-12H2. The van der Waals surface area contributed by atoms with Gasteiger partial charge in [-0.25, -0.2) is 4.98 Å². The van der Waals surface area contributed by atoms with Crippen LogP contribution in [-0.4, -0.2) is 55.2 Å². The van der Waals surface area contributed by atoms with E-state index in [1.54, 1.807) is 12.5 Å². The third-order valence-electron chi connectivity index (χ3n) is 4.75. The Morgan fingerprint density at radius 2 is 2.09 bits per heavy atom. The number of fused-ring (bicyclic) bond motifs is 1. The van der Waals surface area contributed by atoms with E-state index in [-0.39, 0.29) is 11.8 Å². The lowest BCUT2D eigenvalue weighted by Gasteiger charge is -2.36. The van der Waals surface area contributed by atoms with Crippen molar-refractivity contribution < 1.29 is 13.9 Å². The molecule has 6 heteroatoms. The van der Waals surface area contributed by atoms with Crippen LogP contribution in [0, 0.1) is 5.92 Å². The molecule has 0 aromatic carbocycles. The molecule has 0 saturated carbocycles. The quantitative estimate of drug-likeness (QED) is 0.847. The molecule has 2 aliphatic rings. The van der Waals surface area contributed by atoms with E-state index in [0.717, 1.165) is 42.7 Å². The van der Waals surface area contributed by atoms with Gasteiger partial charge in [-0.05, 0) is 25.0 Å². The molecule has 2 aliphatic heterocycles. The van der Waals surface area contributed by atoms with Crippen LogP contribution in [0.15, 0.2) is 29.0 Å². The van der Waals surface area contributed by atoms with Crippen LogP contribution in [0.4, 0.5) is 5.82 Å². The van der Waals surface area contributed by atoms with Crippen LogP contribution < -0.4 is 4.90 Å². The first kappa shape index (κ1) is 14.5. The number of pyridine rings is 1. The minimum Gasteiger partial charge on any atom is -0.464 e. The predicted molar refractivity (Wildman–Crippen MR) is 86.3 cm³/mol. The Balaban J connectivity index is 1.52. The highest BCUT2D eigenvalue weighted by atomic mass is 16.5. The summed E-state index contributed by atoms with van der Waals surface area (Å²) in [4.78, 5) is 21.5. The Bertz CT molecular complexity index is 693. The Kier molecular flexibility index (Phi) is 3.91. The van der Waals surface area contributed by atoms with Crippen molar-refractivity contribution in [3.05, 3.63) is 24.6 Å². The van der Waals surface area contributed by atoms with Crippen molar-refractivity contribution >= 4 is 22.7 Å². The highest BCUT2D eigenvalue weighted by Gasteiger charge is 2.31. The van der Waals surface area contributed by atoms with E-state index >= 15 is 0 Å². The summed E-state index contributed by atoms with van der Waals surface area (Å²) in [6, 6.07) is 3.82. The summed E-state index contributed by atoms with van der Waals surface area (Å²) >= 11 is 0. The molecule has 0 N–H and O–H groups in total. The van der Waals surface area contributed by atoms with Crippen LogP contribution >= 0.6 is 0 Å². The molecule has 1 unspecified atom stereocenters. The van der Waals surface area contributed by atoms with Crippen LogP contribution in [0.2, 0.25) is 0 Å². The van der Waals surface area contributed by atoms with Gasteiger partial charge in [0.15, 0.2) is 0 Å². The largest absolute Gasteiger partial charge is 0.464 e. The average Bonchev–Trinajstić information content (AvgIpc) is 3.10. The minimum atomic E-state index is 0.0470. The lowest BCUT2D eigenvalue weighted by Crippen LogP contribution is -2.48. The van der Waals surface area contributed by atoms with Gasteiger partial charge in [-0.2, -0.15) is 0 Å². The molecule has 1 atom stereocenters. The summed E-state index contributed by atoms with van der Waals surface area (Å²) in [6.07, 6.45) is 5.43. The summed E-state index contributed by atoms with van der Waals surface area (Å²) < 4.78 is 10.8. The Morgan fingerprint density at radius 1 is 1.22 bits per heavy atom. The van der Waals surface area contributed by atoms with E-state index in [4.69, 9.17) is 9.15 Å². The molecule has 2 aromatic heterocycles. The fraction of sp³-hybridized carbons (Fsp3) is 0.529. The summed E-state index contributed by atoms with van der Waals surface area (Å²) in [5, 5.41) is 1.02. The first-order valence-electron chi connectivity index (χ1n) is 8.26. The monoisotopic (exact) mass is 315 g/mol. The molecule has 2 saturated heterocycles. The van der Waals surface area contributed by atoms with Gasteiger partial charge in [-0.15, -0.1) is 0 Å². The smallest absolute Gasteiger partial charge is 0.227 e. The third kappa shape index (κ3) is 2.79. The summed E-state index contributed by atoms with van der Waals surface area (Å²) in [7, 11) is 0. The number of anilines is 1. The molecule has 2 fully saturated rings. The SMILES string of the molecule is O=C(C1CCCN(c2nccc3occc23)C1)N1CCOCC1. The number of ether oxygens (including phenoxy) is 1. The number of carbonyl (C=O) groups is 1. The molecular weight excluding hydrogens is 294 g/mol. The van der Waals surface area contributed by atoms with Gasteiger partial charge >= 0.3 is 0 Å². The second-order valence-electron chi connectivity index (χ2n) is 6.19. The van der Waals surface area contributed by atoms with Crippen molar-refractivity contribution in [1.29, 1.82) is 0 Å². The molecule has 0 radical (unpaired) electrons. The number of hydrogen-bond donors (Lipinski definition) is 0. The zero-order chi connectivity index (χ0) is 15.6. The topological polar surface area (TPSA) is 58.8 Å². The lowest BCUT2D eigenvalue weighted by molar-refractivity contribution is -0.139. The predicted octanol–water partition coefficient (Wildman–Crippen LogP) is 1.90. The number of piperidine rings is 1. The maximum atomic E-state index is 12.7.